The summed E-state index contributed by atoms with van der Waals surface area (Å²) in [5.74, 6) is 0. The topological polar surface area (TPSA) is 55.9 Å². The molecule has 2 heterocycles. The third kappa shape index (κ3) is 1.96. The van der Waals surface area contributed by atoms with Crippen LogP contribution in [-0.2, 0) is 6.42 Å². The molecule has 1 saturated heterocycles. The highest BCUT2D eigenvalue weighted by Crippen LogP contribution is 2.18. The minimum absolute atomic E-state index is 0.577. The fraction of sp³-hybridized carbons (Fsp3) is 0.700. The van der Waals surface area contributed by atoms with Gasteiger partial charge in [-0.25, -0.2) is 4.98 Å². The Labute approximate surface area is 84.5 Å². The van der Waals surface area contributed by atoms with Crippen molar-refractivity contribution in [2.45, 2.75) is 25.3 Å². The molecule has 14 heavy (non-hydrogen) atoms. The highest BCUT2D eigenvalue weighted by atomic mass is 15.1. The van der Waals surface area contributed by atoms with E-state index in [0.29, 0.717) is 12.6 Å². The average molecular weight is 194 g/mol. The van der Waals surface area contributed by atoms with Crippen molar-refractivity contribution in [1.29, 1.82) is 0 Å². The number of nitrogens with one attached hydrogen (secondary N) is 1. The van der Waals surface area contributed by atoms with Crippen LogP contribution in [0.4, 0.5) is 0 Å². The molecule has 1 aromatic heterocycles. The second kappa shape index (κ2) is 4.57. The molecule has 0 saturated carbocycles. The van der Waals surface area contributed by atoms with Crippen LogP contribution in [0, 0.1) is 0 Å². The highest BCUT2D eigenvalue weighted by Gasteiger charge is 2.16. The van der Waals surface area contributed by atoms with E-state index in [-0.39, 0.29) is 0 Å². The summed E-state index contributed by atoms with van der Waals surface area (Å²) in [6.07, 6.45) is 7.30. The van der Waals surface area contributed by atoms with Crippen LogP contribution in [0.2, 0.25) is 0 Å². The van der Waals surface area contributed by atoms with Crippen molar-refractivity contribution in [2.75, 3.05) is 19.6 Å². The number of hydrogen-bond acceptors (Lipinski definition) is 3. The monoisotopic (exact) mass is 194 g/mol. The number of nitrogens with two attached hydrogens (primary N) is 1. The van der Waals surface area contributed by atoms with Gasteiger partial charge in [0.15, 0.2) is 0 Å². The zero-order chi connectivity index (χ0) is 9.80. The third-order valence-corrected chi connectivity index (χ3v) is 2.81. The first-order chi connectivity index (χ1) is 6.92. The Morgan fingerprint density at radius 2 is 2.57 bits per heavy atom. The molecule has 0 aliphatic carbocycles. The lowest BCUT2D eigenvalue weighted by molar-refractivity contribution is 0.364. The Balaban J connectivity index is 2.09. The molecule has 3 N–H and O–H groups in total. The Hall–Kier alpha value is -0.870. The largest absolute Gasteiger partial charge is 0.330 e. The van der Waals surface area contributed by atoms with Crippen molar-refractivity contribution in [3.05, 3.63) is 18.2 Å². The molecule has 1 fully saturated rings. The van der Waals surface area contributed by atoms with Crippen LogP contribution in [0.1, 0.15) is 24.6 Å². The summed E-state index contributed by atoms with van der Waals surface area (Å²) in [5.41, 5.74) is 6.83. The van der Waals surface area contributed by atoms with Crippen LogP contribution in [0.5, 0.6) is 0 Å². The first-order valence-corrected chi connectivity index (χ1v) is 5.33. The molecule has 0 aromatic carbocycles. The fourth-order valence-electron chi connectivity index (χ4n) is 2.07. The van der Waals surface area contributed by atoms with Crippen molar-refractivity contribution < 1.29 is 0 Å². The van der Waals surface area contributed by atoms with Crippen molar-refractivity contribution in [1.82, 2.24) is 14.9 Å². The van der Waals surface area contributed by atoms with Gasteiger partial charge in [-0.2, -0.15) is 0 Å². The lowest BCUT2D eigenvalue weighted by atomic mass is 10.1. The van der Waals surface area contributed by atoms with Gasteiger partial charge < -0.3 is 15.6 Å². The van der Waals surface area contributed by atoms with Gasteiger partial charge in [0.25, 0.3) is 0 Å². The molecule has 1 aliphatic heterocycles. The number of nitrogens with zero attached hydrogens (tertiary/aromatic N) is 2. The van der Waals surface area contributed by atoms with Crippen LogP contribution in [-0.4, -0.2) is 29.2 Å². The Bertz CT molecular complexity index is 275. The molecule has 0 spiro atoms. The molecule has 1 aromatic rings. The van der Waals surface area contributed by atoms with E-state index in [4.69, 9.17) is 5.73 Å². The van der Waals surface area contributed by atoms with Crippen molar-refractivity contribution in [3.63, 3.8) is 0 Å². The maximum Gasteiger partial charge on any atom is 0.0951 e. The number of imidazole rings is 1. The first kappa shape index (κ1) is 9.68. The summed E-state index contributed by atoms with van der Waals surface area (Å²) < 4.78 is 2.28. The third-order valence-electron chi connectivity index (χ3n) is 2.81. The smallest absolute Gasteiger partial charge is 0.0951 e. The SMILES string of the molecule is NCCc1cncn1C1CCCNC1. The zero-order valence-electron chi connectivity index (χ0n) is 8.45. The van der Waals surface area contributed by atoms with E-state index in [1.807, 2.05) is 12.5 Å². The van der Waals surface area contributed by atoms with Crippen LogP contribution >= 0.6 is 0 Å². The maximum absolute atomic E-state index is 5.56. The molecule has 4 nitrogen and oxygen atoms in total. The molecular weight excluding hydrogens is 176 g/mol. The predicted molar refractivity (Wildman–Crippen MR) is 56.1 cm³/mol. The molecular formula is C10H18N4. The van der Waals surface area contributed by atoms with Crippen LogP contribution in [0.25, 0.3) is 0 Å². The van der Waals surface area contributed by atoms with E-state index >= 15 is 0 Å². The molecule has 78 valence electrons. The number of piperidine rings is 1. The highest BCUT2D eigenvalue weighted by molar-refractivity contribution is 5.01. The Morgan fingerprint density at radius 3 is 3.29 bits per heavy atom. The van der Waals surface area contributed by atoms with Crippen molar-refractivity contribution in [3.8, 4) is 0 Å². The van der Waals surface area contributed by atoms with Gasteiger partial charge in [0.2, 0.25) is 0 Å². The van der Waals surface area contributed by atoms with E-state index < -0.39 is 0 Å². The van der Waals surface area contributed by atoms with E-state index in [1.54, 1.807) is 0 Å². The Kier molecular flexibility index (Phi) is 3.16. The van der Waals surface area contributed by atoms with Gasteiger partial charge in [-0.1, -0.05) is 0 Å². The summed E-state index contributed by atoms with van der Waals surface area (Å²) in [7, 11) is 0. The van der Waals surface area contributed by atoms with Crippen LogP contribution in [0.15, 0.2) is 12.5 Å². The summed E-state index contributed by atoms with van der Waals surface area (Å²) in [6.45, 7) is 2.91. The second-order valence-corrected chi connectivity index (χ2v) is 3.83. The van der Waals surface area contributed by atoms with E-state index in [9.17, 15) is 0 Å². The van der Waals surface area contributed by atoms with Crippen molar-refractivity contribution >= 4 is 0 Å². The molecule has 1 aliphatic rings. The van der Waals surface area contributed by atoms with E-state index in [1.165, 1.54) is 18.5 Å². The van der Waals surface area contributed by atoms with Crippen LogP contribution in [0.3, 0.4) is 0 Å². The second-order valence-electron chi connectivity index (χ2n) is 3.83. The van der Waals surface area contributed by atoms with Crippen LogP contribution < -0.4 is 11.1 Å². The first-order valence-electron chi connectivity index (χ1n) is 5.33. The summed E-state index contributed by atoms with van der Waals surface area (Å²) >= 11 is 0. The lowest BCUT2D eigenvalue weighted by Crippen LogP contribution is -2.32. The van der Waals surface area contributed by atoms with Gasteiger partial charge in [0.05, 0.1) is 6.33 Å². The van der Waals surface area contributed by atoms with E-state index in [2.05, 4.69) is 14.9 Å². The van der Waals surface area contributed by atoms with Gasteiger partial charge in [0.1, 0.15) is 0 Å². The van der Waals surface area contributed by atoms with Gasteiger partial charge >= 0.3 is 0 Å². The molecule has 1 unspecified atom stereocenters. The summed E-state index contributed by atoms with van der Waals surface area (Å²) in [5, 5.41) is 3.41. The molecule has 4 heteroatoms. The standard InChI is InChI=1S/C10H18N4/c11-4-3-10-7-13-8-14(10)9-2-1-5-12-6-9/h7-9,12H,1-6,11H2. The lowest BCUT2D eigenvalue weighted by Gasteiger charge is -2.25. The predicted octanol–water partition coefficient (Wildman–Crippen LogP) is 0.309. The van der Waals surface area contributed by atoms with Crippen molar-refractivity contribution in [2.24, 2.45) is 5.73 Å². The zero-order valence-corrected chi connectivity index (χ0v) is 8.45. The fourth-order valence-corrected chi connectivity index (χ4v) is 2.07. The maximum atomic E-state index is 5.56. The number of hydrogen-bond donors (Lipinski definition) is 2. The molecule has 0 bridgehead atoms. The molecule has 2 rings (SSSR count). The summed E-state index contributed by atoms with van der Waals surface area (Å²) in [6, 6.07) is 0.577. The van der Waals surface area contributed by atoms with Gasteiger partial charge in [0, 0.05) is 30.9 Å². The minimum Gasteiger partial charge on any atom is -0.330 e. The average Bonchev–Trinajstić information content (AvgIpc) is 2.68. The normalized spacial score (nSPS) is 22.5. The quantitative estimate of drug-likeness (QED) is 0.728. The molecule has 1 atom stereocenters. The Morgan fingerprint density at radius 1 is 1.64 bits per heavy atom. The molecule has 0 radical (unpaired) electrons. The number of rotatable bonds is 3. The number of aromatic nitrogens is 2. The summed E-state index contributed by atoms with van der Waals surface area (Å²) in [4.78, 5) is 4.20. The van der Waals surface area contributed by atoms with Gasteiger partial charge in [-0.3, -0.25) is 0 Å². The van der Waals surface area contributed by atoms with Gasteiger partial charge in [-0.15, -0.1) is 0 Å². The van der Waals surface area contributed by atoms with Gasteiger partial charge in [-0.05, 0) is 25.9 Å². The minimum atomic E-state index is 0.577. The molecule has 0 amide bonds. The van der Waals surface area contributed by atoms with E-state index in [0.717, 1.165) is 19.5 Å².